The molecular weight excluding hydrogens is 288 g/mol. The molecule has 0 aliphatic rings. The minimum atomic E-state index is -3.53. The molecule has 6 heteroatoms. The Hall–Kier alpha value is -2.39. The van der Waals surface area contributed by atoms with Crippen LogP contribution in [0, 0.1) is 18.3 Å². The third kappa shape index (κ3) is 3.58. The Labute approximate surface area is 123 Å². The van der Waals surface area contributed by atoms with Gasteiger partial charge >= 0.3 is 0 Å². The fourth-order valence-corrected chi connectivity index (χ4v) is 3.15. The van der Waals surface area contributed by atoms with E-state index < -0.39 is 9.84 Å². The second-order valence-electron chi connectivity index (χ2n) is 4.69. The van der Waals surface area contributed by atoms with E-state index in [1.807, 2.05) is 6.07 Å². The van der Waals surface area contributed by atoms with Gasteiger partial charge < -0.3 is 4.57 Å². The van der Waals surface area contributed by atoms with E-state index in [4.69, 9.17) is 5.26 Å². The standard InChI is InChI=1S/C15H14N2O3S/c1-12-5-6-17(15(18)9-12)7-8-21(19,20)14-4-2-3-13(10-14)11-16/h2-6,9-10H,7-8H2,1H3. The van der Waals surface area contributed by atoms with Crippen molar-refractivity contribution in [3.05, 3.63) is 64.1 Å². The lowest BCUT2D eigenvalue weighted by Gasteiger charge is -2.07. The van der Waals surface area contributed by atoms with Crippen LogP contribution in [0.5, 0.6) is 0 Å². The minimum absolute atomic E-state index is 0.0816. The summed E-state index contributed by atoms with van der Waals surface area (Å²) in [6, 6.07) is 11.0. The number of benzene rings is 1. The molecule has 0 bridgehead atoms. The first-order valence-electron chi connectivity index (χ1n) is 6.32. The summed E-state index contributed by atoms with van der Waals surface area (Å²) in [5.41, 5.74) is 0.903. The Bertz CT molecular complexity index is 861. The average molecular weight is 302 g/mol. The molecule has 0 spiro atoms. The average Bonchev–Trinajstić information content (AvgIpc) is 2.46. The van der Waals surface area contributed by atoms with Crippen molar-refractivity contribution in [2.75, 3.05) is 5.75 Å². The molecule has 2 aromatic rings. The van der Waals surface area contributed by atoms with Gasteiger partial charge in [0.1, 0.15) is 0 Å². The third-order valence-corrected chi connectivity index (χ3v) is 4.77. The zero-order valence-corrected chi connectivity index (χ0v) is 12.3. The number of nitrogens with zero attached hydrogens (tertiary/aromatic N) is 2. The Morgan fingerprint density at radius 2 is 2.00 bits per heavy atom. The van der Waals surface area contributed by atoms with E-state index in [1.165, 1.54) is 28.8 Å². The van der Waals surface area contributed by atoms with Crippen LogP contribution in [-0.4, -0.2) is 18.7 Å². The van der Waals surface area contributed by atoms with Gasteiger partial charge in [-0.25, -0.2) is 8.42 Å². The van der Waals surface area contributed by atoms with Gasteiger partial charge in [0.25, 0.3) is 5.56 Å². The number of hydrogen-bond donors (Lipinski definition) is 0. The van der Waals surface area contributed by atoms with Gasteiger partial charge in [-0.05, 0) is 36.8 Å². The molecule has 0 fully saturated rings. The molecule has 0 N–H and O–H groups in total. The Morgan fingerprint density at radius 1 is 1.24 bits per heavy atom. The highest BCUT2D eigenvalue weighted by atomic mass is 32.2. The van der Waals surface area contributed by atoms with Crippen molar-refractivity contribution in [3.8, 4) is 6.07 Å². The first kappa shape index (κ1) is 15.0. The van der Waals surface area contributed by atoms with Crippen molar-refractivity contribution in [2.45, 2.75) is 18.4 Å². The Balaban J connectivity index is 2.22. The van der Waals surface area contributed by atoms with Crippen molar-refractivity contribution >= 4 is 9.84 Å². The van der Waals surface area contributed by atoms with Crippen LogP contribution in [0.2, 0.25) is 0 Å². The molecule has 0 radical (unpaired) electrons. The van der Waals surface area contributed by atoms with E-state index in [9.17, 15) is 13.2 Å². The largest absolute Gasteiger partial charge is 0.314 e. The summed E-state index contributed by atoms with van der Waals surface area (Å²) in [6.45, 7) is 1.88. The quantitative estimate of drug-likeness (QED) is 0.857. The van der Waals surface area contributed by atoms with Gasteiger partial charge in [0, 0.05) is 18.8 Å². The van der Waals surface area contributed by atoms with Crippen molar-refractivity contribution in [1.82, 2.24) is 4.57 Å². The van der Waals surface area contributed by atoms with E-state index in [1.54, 1.807) is 25.3 Å². The fourth-order valence-electron chi connectivity index (χ4n) is 1.89. The molecule has 1 heterocycles. The number of aromatic nitrogens is 1. The highest BCUT2D eigenvalue weighted by Gasteiger charge is 2.15. The van der Waals surface area contributed by atoms with Crippen LogP contribution in [0.1, 0.15) is 11.1 Å². The predicted molar refractivity (Wildman–Crippen MR) is 78.6 cm³/mol. The van der Waals surface area contributed by atoms with Crippen molar-refractivity contribution in [2.24, 2.45) is 0 Å². The summed E-state index contributed by atoms with van der Waals surface area (Å²) >= 11 is 0. The van der Waals surface area contributed by atoms with Gasteiger partial charge in [-0.2, -0.15) is 5.26 Å². The number of rotatable bonds is 4. The molecule has 1 aromatic carbocycles. The van der Waals surface area contributed by atoms with Crippen molar-refractivity contribution < 1.29 is 8.42 Å². The van der Waals surface area contributed by atoms with Crippen LogP contribution in [0.25, 0.3) is 0 Å². The molecule has 2 rings (SSSR count). The van der Waals surface area contributed by atoms with E-state index >= 15 is 0 Å². The van der Waals surface area contributed by atoms with Gasteiger partial charge in [0.05, 0.1) is 22.3 Å². The summed E-state index contributed by atoms with van der Waals surface area (Å²) in [7, 11) is -3.53. The monoisotopic (exact) mass is 302 g/mol. The molecule has 1 aromatic heterocycles. The molecule has 0 unspecified atom stereocenters. The Kier molecular flexibility index (Phi) is 4.24. The van der Waals surface area contributed by atoms with Gasteiger partial charge in [0.15, 0.2) is 9.84 Å². The van der Waals surface area contributed by atoms with E-state index in [0.717, 1.165) is 5.56 Å². The van der Waals surface area contributed by atoms with Crippen molar-refractivity contribution in [3.63, 3.8) is 0 Å². The molecule has 0 aliphatic heterocycles. The lowest BCUT2D eigenvalue weighted by Crippen LogP contribution is -2.23. The maximum Gasteiger partial charge on any atom is 0.250 e. The lowest BCUT2D eigenvalue weighted by molar-refractivity contribution is 0.587. The summed E-state index contributed by atoms with van der Waals surface area (Å²) in [5.74, 6) is -0.190. The second kappa shape index (κ2) is 5.94. The third-order valence-electron chi connectivity index (χ3n) is 3.07. The van der Waals surface area contributed by atoms with Gasteiger partial charge in [0.2, 0.25) is 0 Å². The number of hydrogen-bond acceptors (Lipinski definition) is 4. The van der Waals surface area contributed by atoms with Crippen LogP contribution < -0.4 is 5.56 Å². The number of sulfone groups is 1. The molecule has 108 valence electrons. The number of nitriles is 1. The Morgan fingerprint density at radius 3 is 2.67 bits per heavy atom. The molecule has 5 nitrogen and oxygen atoms in total. The number of pyridine rings is 1. The molecule has 21 heavy (non-hydrogen) atoms. The normalized spacial score (nSPS) is 11.0. The molecule has 0 saturated heterocycles. The summed E-state index contributed by atoms with van der Waals surface area (Å²) in [4.78, 5) is 11.8. The highest BCUT2D eigenvalue weighted by Crippen LogP contribution is 2.13. The van der Waals surface area contributed by atoms with E-state index in [2.05, 4.69) is 0 Å². The first-order valence-corrected chi connectivity index (χ1v) is 7.97. The highest BCUT2D eigenvalue weighted by molar-refractivity contribution is 7.91. The topological polar surface area (TPSA) is 79.9 Å². The van der Waals surface area contributed by atoms with E-state index in [-0.39, 0.29) is 22.8 Å². The zero-order chi connectivity index (χ0) is 15.5. The number of aryl methyl sites for hydroxylation is 2. The lowest BCUT2D eigenvalue weighted by atomic mass is 10.2. The minimum Gasteiger partial charge on any atom is -0.314 e. The maximum atomic E-state index is 12.2. The summed E-state index contributed by atoms with van der Waals surface area (Å²) in [5, 5.41) is 8.81. The van der Waals surface area contributed by atoms with Crippen LogP contribution in [-0.2, 0) is 16.4 Å². The van der Waals surface area contributed by atoms with Crippen LogP contribution in [0.4, 0.5) is 0 Å². The molecule has 0 aliphatic carbocycles. The molecule has 0 saturated carbocycles. The molecule has 0 atom stereocenters. The first-order chi connectivity index (χ1) is 9.92. The van der Waals surface area contributed by atoms with Gasteiger partial charge in [-0.3, -0.25) is 4.79 Å². The fraction of sp³-hybridized carbons (Fsp3) is 0.200. The summed E-state index contributed by atoms with van der Waals surface area (Å²) in [6.07, 6.45) is 1.58. The molecule has 0 amide bonds. The van der Waals surface area contributed by atoms with Crippen molar-refractivity contribution in [1.29, 1.82) is 5.26 Å². The van der Waals surface area contributed by atoms with Crippen LogP contribution in [0.3, 0.4) is 0 Å². The van der Waals surface area contributed by atoms with Crippen LogP contribution in [0.15, 0.2) is 52.3 Å². The molecular formula is C15H14N2O3S. The maximum absolute atomic E-state index is 12.2. The van der Waals surface area contributed by atoms with Gasteiger partial charge in [-0.15, -0.1) is 0 Å². The van der Waals surface area contributed by atoms with Crippen LogP contribution >= 0.6 is 0 Å². The smallest absolute Gasteiger partial charge is 0.250 e. The SMILES string of the molecule is Cc1ccn(CCS(=O)(=O)c2cccc(C#N)c2)c(=O)c1. The zero-order valence-electron chi connectivity index (χ0n) is 11.5. The van der Waals surface area contributed by atoms with E-state index in [0.29, 0.717) is 5.56 Å². The predicted octanol–water partition coefficient (Wildman–Crippen LogP) is 1.50. The second-order valence-corrected chi connectivity index (χ2v) is 6.80. The van der Waals surface area contributed by atoms with Gasteiger partial charge in [-0.1, -0.05) is 6.07 Å². The summed E-state index contributed by atoms with van der Waals surface area (Å²) < 4.78 is 25.8.